The number of benzene rings is 3. The number of nitrogens with one attached hydrogen (secondary N) is 1. The number of hydrogen-bond acceptors (Lipinski definition) is 9. The molecule has 2 aliphatic rings. The Balaban J connectivity index is 1.48. The molecule has 0 bridgehead atoms. The third-order valence-corrected chi connectivity index (χ3v) is 10.8. The van der Waals surface area contributed by atoms with E-state index in [1.807, 2.05) is 74.1 Å². The number of carbonyl (C=O) groups excluding carboxylic acids is 2. The summed E-state index contributed by atoms with van der Waals surface area (Å²) in [4.78, 5) is 27.8. The van der Waals surface area contributed by atoms with Crippen molar-refractivity contribution in [2.45, 2.75) is 71.9 Å². The molecule has 0 radical (unpaired) electrons. The second-order valence-corrected chi connectivity index (χ2v) is 15.2. The van der Waals surface area contributed by atoms with Gasteiger partial charge in [-0.2, -0.15) is 5.26 Å². The fraction of sp³-hybridized carbons (Fsp3) is 0.450. The van der Waals surface area contributed by atoms with Crippen LogP contribution in [0.15, 0.2) is 59.0 Å². The third-order valence-electron chi connectivity index (χ3n) is 8.71. The highest BCUT2D eigenvalue weighted by atomic mass is 31.2. The van der Waals surface area contributed by atoms with Crippen molar-refractivity contribution in [2.24, 2.45) is 0 Å². The molecule has 278 valence electrons. The van der Waals surface area contributed by atoms with Gasteiger partial charge in [0.25, 0.3) is 14.4 Å². The van der Waals surface area contributed by atoms with Gasteiger partial charge in [-0.25, -0.2) is 9.25 Å². The molecule has 1 heterocycles. The standard InChI is InChI=1S/C40H52N5O6P/c1-27(2)45(28(3)4)52(50-23-13-20-41)49-22-12-10-9-11-21-42-39(46)29-14-17-32(40(47)48)35(24-29)38-33-18-15-30(43(5)6)25-36(33)51-37-26-31(44(7)8)16-19-34(37)38/h14-19,24-28H,9-13,21-23H2,1-8H3,(H-,42,46,47,48). The second kappa shape index (κ2) is 19.0. The summed E-state index contributed by atoms with van der Waals surface area (Å²) < 4.78 is 22.7. The molecule has 0 aromatic heterocycles. The maximum Gasteiger partial charge on any atom is 0.259 e. The number of carbonyl (C=O) groups is 2. The molecule has 1 aliphatic heterocycles. The van der Waals surface area contributed by atoms with E-state index in [1.165, 1.54) is 12.1 Å². The Morgan fingerprint density at radius 3 is 2.29 bits per heavy atom. The van der Waals surface area contributed by atoms with Crippen LogP contribution in [-0.2, 0) is 9.05 Å². The first-order valence-corrected chi connectivity index (χ1v) is 19.0. The van der Waals surface area contributed by atoms with Crippen molar-refractivity contribution >= 4 is 37.1 Å². The molecule has 1 aliphatic carbocycles. The maximum atomic E-state index is 13.4. The molecule has 52 heavy (non-hydrogen) atoms. The van der Waals surface area contributed by atoms with E-state index >= 15 is 0 Å². The molecule has 0 spiro atoms. The third kappa shape index (κ3) is 10.2. The molecule has 1 unspecified atom stereocenters. The summed E-state index contributed by atoms with van der Waals surface area (Å²) in [7, 11) is 6.52. The van der Waals surface area contributed by atoms with Crippen LogP contribution in [0.2, 0.25) is 0 Å². The summed E-state index contributed by atoms with van der Waals surface area (Å²) >= 11 is 0. The minimum absolute atomic E-state index is 0.00928. The number of rotatable bonds is 18. The second-order valence-electron chi connectivity index (χ2n) is 13.7. The highest BCUT2D eigenvalue weighted by Gasteiger charge is 2.27. The quantitative estimate of drug-likeness (QED) is 0.0546. The number of carboxylic acids is 1. The lowest BCUT2D eigenvalue weighted by Gasteiger charge is -2.35. The van der Waals surface area contributed by atoms with Gasteiger partial charge in [0.2, 0.25) is 5.36 Å². The van der Waals surface area contributed by atoms with E-state index in [2.05, 4.69) is 43.8 Å². The van der Waals surface area contributed by atoms with E-state index < -0.39 is 14.5 Å². The summed E-state index contributed by atoms with van der Waals surface area (Å²) in [6.07, 6.45) is 3.79. The molecular formula is C40H52N5O6P. The monoisotopic (exact) mass is 729 g/mol. The molecule has 2 aromatic rings. The number of anilines is 1. The molecule has 0 saturated heterocycles. The summed E-state index contributed by atoms with van der Waals surface area (Å²) in [6.45, 7) is 9.83. The van der Waals surface area contributed by atoms with E-state index in [-0.39, 0.29) is 23.6 Å². The maximum absolute atomic E-state index is 13.4. The van der Waals surface area contributed by atoms with Crippen LogP contribution in [0.3, 0.4) is 0 Å². The van der Waals surface area contributed by atoms with E-state index in [9.17, 15) is 14.7 Å². The normalized spacial score (nSPS) is 12.1. The number of nitrogens with zero attached hydrogens (tertiary/aromatic N) is 4. The van der Waals surface area contributed by atoms with Crippen molar-refractivity contribution in [3.63, 3.8) is 0 Å². The lowest BCUT2D eigenvalue weighted by atomic mass is 9.89. The van der Waals surface area contributed by atoms with Crippen molar-refractivity contribution in [1.82, 2.24) is 14.6 Å². The van der Waals surface area contributed by atoms with Crippen LogP contribution in [0.5, 0.6) is 0 Å². The van der Waals surface area contributed by atoms with Gasteiger partial charge in [-0.3, -0.25) is 4.79 Å². The summed E-state index contributed by atoms with van der Waals surface area (Å²) in [5.74, 6) is -1.02. The molecule has 4 rings (SSSR count). The first kappa shape index (κ1) is 40.4. The molecule has 1 atom stereocenters. The molecule has 0 fully saturated rings. The van der Waals surface area contributed by atoms with E-state index in [1.54, 1.807) is 6.07 Å². The zero-order chi connectivity index (χ0) is 37.9. The van der Waals surface area contributed by atoms with Crippen LogP contribution < -0.4 is 25.3 Å². The van der Waals surface area contributed by atoms with Gasteiger partial charge in [0, 0.05) is 78.2 Å². The number of fused-ring (bicyclic) bond motifs is 2. The zero-order valence-corrected chi connectivity index (χ0v) is 32.6. The Morgan fingerprint density at radius 2 is 1.63 bits per heavy atom. The minimum Gasteiger partial charge on any atom is -0.545 e. The molecule has 0 saturated carbocycles. The average molecular weight is 730 g/mol. The largest absolute Gasteiger partial charge is 0.545 e. The van der Waals surface area contributed by atoms with E-state index in [4.69, 9.17) is 18.7 Å². The van der Waals surface area contributed by atoms with Gasteiger partial charge >= 0.3 is 0 Å². The lowest BCUT2D eigenvalue weighted by molar-refractivity contribution is -0.254. The predicted octanol–water partition coefficient (Wildman–Crippen LogP) is 6.25. The molecular weight excluding hydrogens is 677 g/mol. The van der Waals surface area contributed by atoms with Gasteiger partial charge in [0.05, 0.1) is 37.7 Å². The van der Waals surface area contributed by atoms with Crippen LogP contribution in [0.4, 0.5) is 5.69 Å². The van der Waals surface area contributed by atoms with Crippen molar-refractivity contribution in [1.29, 1.82) is 5.26 Å². The first-order chi connectivity index (χ1) is 24.8. The summed E-state index contributed by atoms with van der Waals surface area (Å²) in [6, 6.07) is 18.9. The number of aromatic carboxylic acids is 1. The van der Waals surface area contributed by atoms with Crippen molar-refractivity contribution in [3.8, 4) is 28.5 Å². The minimum atomic E-state index is -1.33. The van der Waals surface area contributed by atoms with E-state index in [0.29, 0.717) is 54.2 Å². The van der Waals surface area contributed by atoms with Crippen molar-refractivity contribution in [3.05, 3.63) is 71.1 Å². The summed E-state index contributed by atoms with van der Waals surface area (Å²) in [5.41, 5.74) is 3.64. The van der Waals surface area contributed by atoms with Crippen LogP contribution in [0.25, 0.3) is 33.4 Å². The Kier molecular flexibility index (Phi) is 14.7. The van der Waals surface area contributed by atoms with Crippen LogP contribution in [0, 0.1) is 11.3 Å². The first-order valence-electron chi connectivity index (χ1n) is 17.9. The fourth-order valence-corrected chi connectivity index (χ4v) is 7.75. The summed E-state index contributed by atoms with van der Waals surface area (Å²) in [5, 5.41) is 26.0. The van der Waals surface area contributed by atoms with Crippen molar-refractivity contribution in [2.75, 3.05) is 52.8 Å². The topological polar surface area (TPSA) is 134 Å². The average Bonchev–Trinajstić information content (AvgIpc) is 3.10. The van der Waals surface area contributed by atoms with Crippen LogP contribution in [0.1, 0.15) is 80.5 Å². The zero-order valence-electron chi connectivity index (χ0n) is 31.7. The lowest BCUT2D eigenvalue weighted by Crippen LogP contribution is -2.33. The number of unbranched alkanes of at least 4 members (excludes halogenated alkanes) is 3. The molecule has 1 N–H and O–H groups in total. The molecule has 11 nitrogen and oxygen atoms in total. The van der Waals surface area contributed by atoms with Gasteiger partial charge < -0.3 is 33.6 Å². The predicted molar refractivity (Wildman–Crippen MR) is 206 cm³/mol. The van der Waals surface area contributed by atoms with Gasteiger partial charge in [0.15, 0.2) is 0 Å². The fourth-order valence-electron chi connectivity index (χ4n) is 6.13. The van der Waals surface area contributed by atoms with Gasteiger partial charge in [-0.1, -0.05) is 18.9 Å². The molecule has 12 heteroatoms. The van der Waals surface area contributed by atoms with E-state index in [0.717, 1.165) is 47.7 Å². The van der Waals surface area contributed by atoms with Gasteiger partial charge in [-0.15, -0.1) is 0 Å². The number of nitriles is 1. The SMILES string of the molecule is CC(C)N(C(C)C)P(OCCC#N)OCCCCCCNC(=O)c1ccc(C(=O)[O-])c(-c2c3ccc(=[N+](C)C)cc-3oc3cc(N(C)C)ccc23)c1. The van der Waals surface area contributed by atoms with Gasteiger partial charge in [-0.05, 0) is 76.4 Å². The number of carboxylic acid groups (broad SMARTS) is 1. The Morgan fingerprint density at radius 1 is 0.923 bits per heavy atom. The van der Waals surface area contributed by atoms with Gasteiger partial charge in [0.1, 0.15) is 25.4 Å². The van der Waals surface area contributed by atoms with Crippen LogP contribution >= 0.6 is 8.53 Å². The smallest absolute Gasteiger partial charge is 0.259 e. The van der Waals surface area contributed by atoms with Crippen LogP contribution in [-0.4, -0.2) is 76.6 Å². The highest BCUT2D eigenvalue weighted by Crippen LogP contribution is 2.46. The van der Waals surface area contributed by atoms with Crippen molar-refractivity contribution < 1.29 is 28.2 Å². The Labute approximate surface area is 308 Å². The highest BCUT2D eigenvalue weighted by molar-refractivity contribution is 7.44. The molecule has 1 amide bonds. The Bertz CT molecular complexity index is 1920. The number of hydrogen-bond donors (Lipinski definition) is 1. The molecule has 2 aromatic carbocycles. The Hall–Kier alpha value is -4.33. The number of amides is 1.